The van der Waals surface area contributed by atoms with Crippen LogP contribution in [0.15, 0.2) is 108 Å². The van der Waals surface area contributed by atoms with Crippen LogP contribution in [0.4, 0.5) is 17.1 Å². The number of furan rings is 1. The molecule has 0 spiro atoms. The lowest BCUT2D eigenvalue weighted by molar-refractivity contribution is 0.422. The Kier molecular flexibility index (Phi) is 5.49. The molecule has 6 rings (SSSR count). The normalized spacial score (nSPS) is 12.8. The molecule has 1 aliphatic carbocycles. The van der Waals surface area contributed by atoms with Crippen molar-refractivity contribution < 1.29 is 14.5 Å². The molecule has 0 bridgehead atoms. The molecular formula is C30H24BNO3. The topological polar surface area (TPSA) is 56.8 Å². The fourth-order valence-corrected chi connectivity index (χ4v) is 4.93. The average Bonchev–Trinajstić information content (AvgIpc) is 3.29. The van der Waals surface area contributed by atoms with E-state index in [2.05, 4.69) is 59.5 Å². The molecule has 5 aromatic rings. The third-order valence-corrected chi connectivity index (χ3v) is 6.58. The van der Waals surface area contributed by atoms with E-state index in [0.717, 1.165) is 50.8 Å². The maximum atomic E-state index is 9.85. The Morgan fingerprint density at radius 1 is 0.686 bits per heavy atom. The van der Waals surface area contributed by atoms with Gasteiger partial charge in [0.25, 0.3) is 0 Å². The largest absolute Gasteiger partial charge is 0.488 e. The molecule has 5 heteroatoms. The summed E-state index contributed by atoms with van der Waals surface area (Å²) in [7, 11) is -1.51. The predicted molar refractivity (Wildman–Crippen MR) is 143 cm³/mol. The van der Waals surface area contributed by atoms with Crippen LogP contribution in [0.5, 0.6) is 0 Å². The van der Waals surface area contributed by atoms with Gasteiger partial charge < -0.3 is 19.4 Å². The molecular weight excluding hydrogens is 433 g/mol. The van der Waals surface area contributed by atoms with E-state index in [-0.39, 0.29) is 0 Å². The first kappa shape index (κ1) is 21.5. The van der Waals surface area contributed by atoms with Gasteiger partial charge in [-0.2, -0.15) is 0 Å². The zero-order valence-electron chi connectivity index (χ0n) is 19.1. The van der Waals surface area contributed by atoms with Crippen molar-refractivity contribution in [2.75, 3.05) is 4.90 Å². The predicted octanol–water partition coefficient (Wildman–Crippen LogP) is 5.31. The number of hydrogen-bond acceptors (Lipinski definition) is 4. The summed E-state index contributed by atoms with van der Waals surface area (Å²) in [5, 5.41) is 21.6. The molecule has 0 radical (unpaired) electrons. The zero-order valence-corrected chi connectivity index (χ0v) is 19.1. The van der Waals surface area contributed by atoms with E-state index in [4.69, 9.17) is 4.42 Å². The van der Waals surface area contributed by atoms with E-state index in [1.54, 1.807) is 0 Å². The first-order valence-corrected chi connectivity index (χ1v) is 11.8. The molecule has 4 aromatic carbocycles. The van der Waals surface area contributed by atoms with Gasteiger partial charge in [-0.1, -0.05) is 72.8 Å². The Balaban J connectivity index is 1.47. The van der Waals surface area contributed by atoms with Crippen molar-refractivity contribution in [1.82, 2.24) is 0 Å². The van der Waals surface area contributed by atoms with Gasteiger partial charge in [-0.25, -0.2) is 0 Å². The molecule has 0 saturated heterocycles. The summed E-state index contributed by atoms with van der Waals surface area (Å²) in [4.78, 5) is 2.23. The Bertz CT molecular complexity index is 1570. The van der Waals surface area contributed by atoms with Gasteiger partial charge >= 0.3 is 7.12 Å². The van der Waals surface area contributed by atoms with Crippen molar-refractivity contribution >= 4 is 46.7 Å². The van der Waals surface area contributed by atoms with Gasteiger partial charge in [0.15, 0.2) is 0 Å². The second-order valence-corrected chi connectivity index (χ2v) is 8.72. The van der Waals surface area contributed by atoms with Crippen LogP contribution in [0.2, 0.25) is 0 Å². The summed E-state index contributed by atoms with van der Waals surface area (Å²) in [5.74, 6) is 0. The summed E-state index contributed by atoms with van der Waals surface area (Å²) in [6.07, 6.45) is 3.48. The smallest absolute Gasteiger partial charge is 0.456 e. The van der Waals surface area contributed by atoms with Crippen LogP contribution in [-0.4, -0.2) is 17.2 Å². The van der Waals surface area contributed by atoms with E-state index >= 15 is 0 Å². The van der Waals surface area contributed by atoms with Crippen molar-refractivity contribution in [3.05, 3.63) is 114 Å². The zero-order chi connectivity index (χ0) is 23.8. The average molecular weight is 457 g/mol. The highest BCUT2D eigenvalue weighted by molar-refractivity contribution is 6.63. The molecule has 1 aromatic heterocycles. The van der Waals surface area contributed by atoms with Gasteiger partial charge in [0.1, 0.15) is 11.0 Å². The molecule has 0 atom stereocenters. The minimum Gasteiger partial charge on any atom is -0.456 e. The van der Waals surface area contributed by atoms with E-state index < -0.39 is 7.12 Å². The molecule has 170 valence electrons. The Morgan fingerprint density at radius 3 is 1.94 bits per heavy atom. The summed E-state index contributed by atoms with van der Waals surface area (Å²) in [6.45, 7) is 0. The van der Waals surface area contributed by atoms with Crippen molar-refractivity contribution in [1.29, 1.82) is 0 Å². The summed E-state index contributed by atoms with van der Waals surface area (Å²) < 4.78 is 6.27. The van der Waals surface area contributed by atoms with Crippen molar-refractivity contribution in [2.24, 2.45) is 0 Å². The molecule has 1 heterocycles. The van der Waals surface area contributed by atoms with Gasteiger partial charge in [0, 0.05) is 38.7 Å². The maximum absolute atomic E-state index is 9.85. The van der Waals surface area contributed by atoms with Crippen LogP contribution in [0, 0.1) is 0 Å². The van der Waals surface area contributed by atoms with Crippen molar-refractivity contribution in [3.63, 3.8) is 0 Å². The van der Waals surface area contributed by atoms with Crippen molar-refractivity contribution in [3.8, 4) is 11.1 Å². The fraction of sp³-hybridized carbons (Fsp3) is 0.0667. The van der Waals surface area contributed by atoms with E-state index in [1.165, 1.54) is 0 Å². The number of fused-ring (bicyclic) bond motifs is 3. The van der Waals surface area contributed by atoms with Gasteiger partial charge in [-0.15, -0.1) is 0 Å². The van der Waals surface area contributed by atoms with Crippen molar-refractivity contribution in [2.45, 2.75) is 12.8 Å². The maximum Gasteiger partial charge on any atom is 0.488 e. The monoisotopic (exact) mass is 457 g/mol. The molecule has 0 saturated carbocycles. The second-order valence-electron chi connectivity index (χ2n) is 8.72. The van der Waals surface area contributed by atoms with Crippen LogP contribution in [0.3, 0.4) is 0 Å². The summed E-state index contributed by atoms with van der Waals surface area (Å²) >= 11 is 0. The molecule has 35 heavy (non-hydrogen) atoms. The van der Waals surface area contributed by atoms with Crippen LogP contribution >= 0.6 is 0 Å². The number of nitrogens with zero attached hydrogens (tertiary/aromatic N) is 1. The number of hydrogen-bond donors (Lipinski definition) is 2. The number of benzene rings is 4. The summed E-state index contributed by atoms with van der Waals surface area (Å²) in [5.41, 5.74) is 7.16. The Hall–Kier alpha value is -4.06. The van der Waals surface area contributed by atoms with E-state index in [1.807, 2.05) is 54.6 Å². The van der Waals surface area contributed by atoms with Gasteiger partial charge in [-0.3, -0.25) is 0 Å². The van der Waals surface area contributed by atoms with E-state index in [9.17, 15) is 10.0 Å². The number of rotatable bonds is 5. The lowest BCUT2D eigenvalue weighted by Crippen LogP contribution is -2.32. The quantitative estimate of drug-likeness (QED) is 0.352. The first-order valence-electron chi connectivity index (χ1n) is 11.8. The fourth-order valence-electron chi connectivity index (χ4n) is 4.93. The minimum absolute atomic E-state index is 0.543. The Labute approximate surface area is 203 Å². The highest BCUT2D eigenvalue weighted by Gasteiger charge is 2.22. The number of anilines is 3. The number of para-hydroxylation sites is 3. The van der Waals surface area contributed by atoms with Gasteiger partial charge in [0.2, 0.25) is 0 Å². The lowest BCUT2D eigenvalue weighted by Gasteiger charge is -2.25. The van der Waals surface area contributed by atoms with Crippen LogP contribution in [0.1, 0.15) is 12.8 Å². The minimum atomic E-state index is -1.51. The third kappa shape index (κ3) is 3.85. The molecule has 0 aliphatic heterocycles. The van der Waals surface area contributed by atoms with Crippen LogP contribution in [0.25, 0.3) is 33.6 Å². The highest BCUT2D eigenvalue weighted by Crippen LogP contribution is 2.36. The van der Waals surface area contributed by atoms with Crippen LogP contribution in [-0.2, 0) is 0 Å². The standard InChI is InChI=1S/C30H24BNO3/c33-31(34)28-16-8-15-27-26-14-7-13-25(29(26)35-30(27)28)21-17-19-24(20-18-21)32(22-9-3-1-4-10-22)23-11-5-2-6-12-23/h1-7,9-15,17-20,33-34H,8,16H2. The van der Waals surface area contributed by atoms with E-state index in [0.29, 0.717) is 17.3 Å². The molecule has 0 unspecified atom stereocenters. The first-order chi connectivity index (χ1) is 17.2. The SMILES string of the molecule is OB(O)C1=c2oc3c(-c4ccc(N(c5ccccc5)c5ccccc5)cc4)cccc3c2=CCC1. The molecule has 4 nitrogen and oxygen atoms in total. The lowest BCUT2D eigenvalue weighted by atomic mass is 9.75. The molecule has 0 amide bonds. The molecule has 0 fully saturated rings. The highest BCUT2D eigenvalue weighted by atomic mass is 16.4. The molecule has 2 N–H and O–H groups in total. The third-order valence-electron chi connectivity index (χ3n) is 6.58. The van der Waals surface area contributed by atoms with Gasteiger partial charge in [0.05, 0.1) is 0 Å². The van der Waals surface area contributed by atoms with Gasteiger partial charge in [-0.05, 0) is 54.8 Å². The Morgan fingerprint density at radius 2 is 1.31 bits per heavy atom. The molecule has 1 aliphatic rings. The van der Waals surface area contributed by atoms with Crippen LogP contribution < -0.4 is 15.5 Å². The second kappa shape index (κ2) is 8.95. The summed E-state index contributed by atoms with van der Waals surface area (Å²) in [6, 6.07) is 35.2.